The first kappa shape index (κ1) is 19.3. The Kier molecular flexibility index (Phi) is 6.39. The van der Waals surface area contributed by atoms with Gasteiger partial charge in [0.1, 0.15) is 5.75 Å². The van der Waals surface area contributed by atoms with Crippen LogP contribution in [0.2, 0.25) is 0 Å². The number of aromatic nitrogens is 1. The van der Waals surface area contributed by atoms with Gasteiger partial charge in [0.15, 0.2) is 11.1 Å². The van der Waals surface area contributed by atoms with Gasteiger partial charge in [-0.15, -0.1) is 11.3 Å². The van der Waals surface area contributed by atoms with E-state index in [0.717, 1.165) is 47.7 Å². The number of thiazole rings is 1. The van der Waals surface area contributed by atoms with E-state index in [4.69, 9.17) is 4.74 Å². The van der Waals surface area contributed by atoms with Crippen molar-refractivity contribution >= 4 is 28.1 Å². The summed E-state index contributed by atoms with van der Waals surface area (Å²) in [5, 5.41) is 9.98. The average Bonchev–Trinajstić information content (AvgIpc) is 3.34. The summed E-state index contributed by atoms with van der Waals surface area (Å²) in [6, 6.07) is 8.51. The van der Waals surface area contributed by atoms with E-state index in [9.17, 15) is 0 Å². The minimum atomic E-state index is 0.342. The predicted octanol–water partition coefficient (Wildman–Crippen LogP) is 2.16. The number of anilines is 2. The fraction of sp³-hybridized carbons (Fsp3) is 0.474. The maximum absolute atomic E-state index is 5.49. The average molecular weight is 389 g/mol. The molecule has 1 aliphatic rings. The van der Waals surface area contributed by atoms with Gasteiger partial charge in [-0.25, -0.2) is 4.98 Å². The standard InChI is InChI=1S/C19H28N6OS/c1-20-18(21-11-15-13-27-19(23-15)24(2)3)22-14-9-10-25(12-14)16-7-5-6-8-17(16)26-4/h5-8,13-14H,9-12H2,1-4H3,(H2,20,21,22). The Balaban J connectivity index is 1.53. The number of nitrogens with zero attached hydrogens (tertiary/aromatic N) is 4. The van der Waals surface area contributed by atoms with E-state index < -0.39 is 0 Å². The number of hydrogen-bond acceptors (Lipinski definition) is 6. The lowest BCUT2D eigenvalue weighted by Gasteiger charge is -2.22. The van der Waals surface area contributed by atoms with E-state index in [1.807, 2.05) is 31.1 Å². The van der Waals surface area contributed by atoms with E-state index >= 15 is 0 Å². The van der Waals surface area contributed by atoms with Gasteiger partial charge in [0.25, 0.3) is 0 Å². The summed E-state index contributed by atoms with van der Waals surface area (Å²) in [5.74, 6) is 1.72. The number of aliphatic imine (C=N–C) groups is 1. The van der Waals surface area contributed by atoms with Gasteiger partial charge in [-0.2, -0.15) is 0 Å². The van der Waals surface area contributed by atoms with Crippen LogP contribution in [0.1, 0.15) is 12.1 Å². The van der Waals surface area contributed by atoms with Crippen LogP contribution < -0.4 is 25.2 Å². The van der Waals surface area contributed by atoms with E-state index in [1.165, 1.54) is 0 Å². The molecule has 1 fully saturated rings. The number of para-hydroxylation sites is 2. The van der Waals surface area contributed by atoms with Crippen molar-refractivity contribution in [2.24, 2.45) is 4.99 Å². The zero-order valence-corrected chi connectivity index (χ0v) is 17.2. The van der Waals surface area contributed by atoms with Crippen molar-refractivity contribution in [1.82, 2.24) is 15.6 Å². The van der Waals surface area contributed by atoms with E-state index in [0.29, 0.717) is 12.6 Å². The van der Waals surface area contributed by atoms with Gasteiger partial charge in [-0.05, 0) is 18.6 Å². The van der Waals surface area contributed by atoms with Crippen LogP contribution in [0.5, 0.6) is 5.75 Å². The van der Waals surface area contributed by atoms with Crippen LogP contribution in [0.15, 0.2) is 34.6 Å². The van der Waals surface area contributed by atoms with Crippen LogP contribution in [0.3, 0.4) is 0 Å². The Morgan fingerprint density at radius 2 is 2.22 bits per heavy atom. The van der Waals surface area contributed by atoms with Gasteiger partial charge >= 0.3 is 0 Å². The highest BCUT2D eigenvalue weighted by molar-refractivity contribution is 7.13. The van der Waals surface area contributed by atoms with Gasteiger partial charge in [0.2, 0.25) is 0 Å². The second-order valence-electron chi connectivity index (χ2n) is 6.69. The van der Waals surface area contributed by atoms with Gasteiger partial charge in [-0.1, -0.05) is 12.1 Å². The maximum Gasteiger partial charge on any atom is 0.191 e. The highest BCUT2D eigenvalue weighted by Gasteiger charge is 2.25. The first-order valence-corrected chi connectivity index (χ1v) is 9.95. The lowest BCUT2D eigenvalue weighted by atomic mass is 10.2. The number of ether oxygens (including phenoxy) is 1. The van der Waals surface area contributed by atoms with Crippen molar-refractivity contribution in [3.8, 4) is 5.75 Å². The molecular formula is C19H28N6OS. The summed E-state index contributed by atoms with van der Waals surface area (Å²) in [4.78, 5) is 13.3. The molecule has 146 valence electrons. The molecule has 0 bridgehead atoms. The molecule has 2 aromatic rings. The molecule has 0 saturated carbocycles. The number of hydrogen-bond donors (Lipinski definition) is 2. The zero-order chi connectivity index (χ0) is 19.2. The largest absolute Gasteiger partial charge is 0.495 e. The molecule has 1 aromatic heterocycles. The van der Waals surface area contributed by atoms with Gasteiger partial charge in [0.05, 0.1) is 25.0 Å². The van der Waals surface area contributed by atoms with Crippen molar-refractivity contribution in [1.29, 1.82) is 0 Å². The fourth-order valence-corrected chi connectivity index (χ4v) is 3.89. The molecule has 0 aliphatic carbocycles. The van der Waals surface area contributed by atoms with Crippen molar-refractivity contribution < 1.29 is 4.74 Å². The number of benzene rings is 1. The van der Waals surface area contributed by atoms with E-state index in [1.54, 1.807) is 25.5 Å². The lowest BCUT2D eigenvalue weighted by molar-refractivity contribution is 0.415. The first-order valence-electron chi connectivity index (χ1n) is 9.07. The molecule has 0 spiro atoms. The van der Waals surface area contributed by atoms with Gasteiger partial charge in [-0.3, -0.25) is 4.99 Å². The summed E-state index contributed by atoms with van der Waals surface area (Å²) in [5.41, 5.74) is 2.17. The number of methoxy groups -OCH3 is 1. The minimum absolute atomic E-state index is 0.342. The molecule has 2 N–H and O–H groups in total. The quantitative estimate of drug-likeness (QED) is 0.584. The summed E-state index contributed by atoms with van der Waals surface area (Å²) in [6.07, 6.45) is 1.06. The second kappa shape index (κ2) is 8.94. The molecule has 1 aliphatic heterocycles. The molecule has 27 heavy (non-hydrogen) atoms. The lowest BCUT2D eigenvalue weighted by Crippen LogP contribution is -2.44. The monoisotopic (exact) mass is 388 g/mol. The number of guanidine groups is 1. The van der Waals surface area contributed by atoms with E-state index in [-0.39, 0.29) is 0 Å². The molecular weight excluding hydrogens is 360 g/mol. The zero-order valence-electron chi connectivity index (χ0n) is 16.4. The number of rotatable bonds is 6. The van der Waals surface area contributed by atoms with Crippen LogP contribution in [-0.2, 0) is 6.54 Å². The normalized spacial score (nSPS) is 17.1. The Morgan fingerprint density at radius 3 is 2.93 bits per heavy atom. The Morgan fingerprint density at radius 1 is 1.41 bits per heavy atom. The van der Waals surface area contributed by atoms with Gasteiger partial charge < -0.3 is 25.2 Å². The SMILES string of the molecule is CN=C(NCc1csc(N(C)C)n1)NC1CCN(c2ccccc2OC)C1. The predicted molar refractivity (Wildman–Crippen MR) is 113 cm³/mol. The molecule has 8 heteroatoms. The molecule has 1 saturated heterocycles. The molecule has 2 heterocycles. The van der Waals surface area contributed by atoms with Crippen molar-refractivity contribution in [3.63, 3.8) is 0 Å². The third kappa shape index (κ3) is 4.82. The van der Waals surface area contributed by atoms with Crippen molar-refractivity contribution in [2.75, 3.05) is 51.1 Å². The Labute approximate surface area is 165 Å². The summed E-state index contributed by atoms with van der Waals surface area (Å²) >= 11 is 1.65. The first-order chi connectivity index (χ1) is 13.1. The van der Waals surface area contributed by atoms with Crippen LogP contribution in [0.4, 0.5) is 10.8 Å². The molecule has 1 atom stereocenters. The summed E-state index contributed by atoms with van der Waals surface area (Å²) < 4.78 is 5.49. The molecule has 0 radical (unpaired) electrons. The Bertz CT molecular complexity index is 775. The smallest absolute Gasteiger partial charge is 0.191 e. The van der Waals surface area contributed by atoms with Crippen LogP contribution >= 0.6 is 11.3 Å². The van der Waals surface area contributed by atoms with Crippen LogP contribution in [-0.4, -0.2) is 58.3 Å². The molecule has 3 rings (SSSR count). The minimum Gasteiger partial charge on any atom is -0.495 e. The molecule has 1 unspecified atom stereocenters. The van der Waals surface area contributed by atoms with Crippen molar-refractivity contribution in [2.45, 2.75) is 19.0 Å². The maximum atomic E-state index is 5.49. The third-order valence-electron chi connectivity index (χ3n) is 4.54. The molecule has 0 amide bonds. The van der Waals surface area contributed by atoms with E-state index in [2.05, 4.69) is 43.0 Å². The highest BCUT2D eigenvalue weighted by Crippen LogP contribution is 2.30. The number of nitrogens with one attached hydrogen (secondary N) is 2. The second-order valence-corrected chi connectivity index (χ2v) is 7.53. The highest BCUT2D eigenvalue weighted by atomic mass is 32.1. The van der Waals surface area contributed by atoms with Gasteiger partial charge in [0, 0.05) is 45.7 Å². The van der Waals surface area contributed by atoms with Crippen LogP contribution in [0.25, 0.3) is 0 Å². The fourth-order valence-electron chi connectivity index (χ4n) is 3.13. The third-order valence-corrected chi connectivity index (χ3v) is 5.59. The summed E-state index contributed by atoms with van der Waals surface area (Å²) in [7, 11) is 7.53. The molecule has 7 nitrogen and oxygen atoms in total. The summed E-state index contributed by atoms with van der Waals surface area (Å²) in [6.45, 7) is 2.57. The Hall–Kier alpha value is -2.48. The van der Waals surface area contributed by atoms with Crippen molar-refractivity contribution in [3.05, 3.63) is 35.3 Å². The van der Waals surface area contributed by atoms with Crippen LogP contribution in [0, 0.1) is 0 Å². The topological polar surface area (TPSA) is 65.0 Å². The molecule has 1 aromatic carbocycles.